The van der Waals surface area contributed by atoms with Gasteiger partial charge in [-0.05, 0) is 54.3 Å². The highest BCUT2D eigenvalue weighted by atomic mass is 16.7. The number of amides is 1. The number of fused-ring (bicyclic) bond motifs is 1. The van der Waals surface area contributed by atoms with Gasteiger partial charge in [0.25, 0.3) is 5.91 Å². The average molecular weight is 409 g/mol. The Morgan fingerprint density at radius 2 is 2.00 bits per heavy atom. The van der Waals surface area contributed by atoms with Crippen molar-refractivity contribution in [2.45, 2.75) is 26.3 Å². The molecule has 2 aliphatic rings. The maximum absolute atomic E-state index is 13.0. The predicted molar refractivity (Wildman–Crippen MR) is 114 cm³/mol. The van der Waals surface area contributed by atoms with E-state index >= 15 is 0 Å². The lowest BCUT2D eigenvalue weighted by molar-refractivity contribution is -0.132. The number of ether oxygens (including phenoxy) is 3. The second kappa shape index (κ2) is 8.85. The highest BCUT2D eigenvalue weighted by molar-refractivity contribution is 6.03. The Morgan fingerprint density at radius 1 is 1.17 bits per heavy atom. The Morgan fingerprint density at radius 3 is 2.80 bits per heavy atom. The van der Waals surface area contributed by atoms with Crippen molar-refractivity contribution >= 4 is 11.6 Å². The topological polar surface area (TPSA) is 72.4 Å². The van der Waals surface area contributed by atoms with Gasteiger partial charge >= 0.3 is 0 Å². The number of rotatable bonds is 7. The highest BCUT2D eigenvalue weighted by Gasteiger charge is 2.33. The second-order valence-electron chi connectivity index (χ2n) is 7.59. The quantitative estimate of drug-likeness (QED) is 0.712. The van der Waals surface area contributed by atoms with Crippen LogP contribution in [0, 0.1) is 13.8 Å². The van der Waals surface area contributed by atoms with Crippen LogP contribution in [0.1, 0.15) is 34.7 Å². The van der Waals surface area contributed by atoms with E-state index in [1.807, 2.05) is 18.2 Å². The van der Waals surface area contributed by atoms with Gasteiger partial charge in [0.2, 0.25) is 6.79 Å². The van der Waals surface area contributed by atoms with Gasteiger partial charge in [0.05, 0.1) is 24.9 Å². The van der Waals surface area contributed by atoms with Gasteiger partial charge in [0.15, 0.2) is 11.5 Å². The summed E-state index contributed by atoms with van der Waals surface area (Å²) in [6.07, 6.45) is 0.645. The first-order valence-corrected chi connectivity index (χ1v) is 10.1. The van der Waals surface area contributed by atoms with Crippen molar-refractivity contribution in [3.05, 3.63) is 58.7 Å². The van der Waals surface area contributed by atoms with E-state index < -0.39 is 0 Å². The summed E-state index contributed by atoms with van der Waals surface area (Å²) in [5.74, 6) is 1.36. The van der Waals surface area contributed by atoms with Gasteiger partial charge in [-0.3, -0.25) is 4.79 Å². The van der Waals surface area contributed by atoms with E-state index in [1.54, 1.807) is 12.1 Å². The normalized spacial score (nSPS) is 17.4. The summed E-state index contributed by atoms with van der Waals surface area (Å²) in [5, 5.41) is 9.45. The maximum Gasteiger partial charge on any atom is 0.257 e. The van der Waals surface area contributed by atoms with E-state index in [0.29, 0.717) is 25.3 Å². The molecule has 7 heteroatoms. The number of methoxy groups -OCH3 is 1. The van der Waals surface area contributed by atoms with Gasteiger partial charge in [-0.2, -0.15) is 5.10 Å². The minimum absolute atomic E-state index is 0.0763. The van der Waals surface area contributed by atoms with E-state index in [2.05, 4.69) is 37.4 Å². The van der Waals surface area contributed by atoms with E-state index in [4.69, 9.17) is 19.3 Å². The molecule has 1 N–H and O–H groups in total. The molecule has 0 spiro atoms. The molecule has 0 aliphatic carbocycles. The zero-order valence-electron chi connectivity index (χ0n) is 17.6. The third kappa shape index (κ3) is 4.17. The number of nitrogens with zero attached hydrogens (tertiary/aromatic N) is 2. The molecule has 1 atom stereocenters. The maximum atomic E-state index is 13.0. The lowest BCUT2D eigenvalue weighted by Gasteiger charge is -2.22. The first kappa shape index (κ1) is 20.4. The van der Waals surface area contributed by atoms with Crippen molar-refractivity contribution in [1.82, 2.24) is 10.3 Å². The summed E-state index contributed by atoms with van der Waals surface area (Å²) >= 11 is 0. The zero-order chi connectivity index (χ0) is 21.1. The molecule has 0 radical (unpaired) electrons. The van der Waals surface area contributed by atoms with E-state index in [0.717, 1.165) is 22.6 Å². The zero-order valence-corrected chi connectivity index (χ0v) is 17.6. The Balaban J connectivity index is 1.60. The van der Waals surface area contributed by atoms with Crippen LogP contribution >= 0.6 is 0 Å². The Hall–Kier alpha value is -2.90. The number of hydrogen-bond donors (Lipinski definition) is 1. The number of nitrogens with one attached hydrogen (secondary N) is 1. The number of hydrazone groups is 1. The van der Waals surface area contributed by atoms with Gasteiger partial charge in [-0.15, -0.1) is 0 Å². The van der Waals surface area contributed by atoms with Gasteiger partial charge in [-0.25, -0.2) is 5.01 Å². The summed E-state index contributed by atoms with van der Waals surface area (Å²) in [6, 6.07) is 11.9. The molecule has 7 nitrogen and oxygen atoms in total. The van der Waals surface area contributed by atoms with Crippen molar-refractivity contribution in [2.75, 3.05) is 33.6 Å². The fraction of sp³-hybridized carbons (Fsp3) is 0.391. The molecule has 2 aromatic rings. The summed E-state index contributed by atoms with van der Waals surface area (Å²) < 4.78 is 16.0. The van der Waals surface area contributed by atoms with Crippen LogP contribution in [0.4, 0.5) is 0 Å². The van der Waals surface area contributed by atoms with Crippen LogP contribution in [-0.4, -0.2) is 50.2 Å². The number of hydrogen-bond acceptors (Lipinski definition) is 6. The molecule has 0 aromatic heterocycles. The van der Waals surface area contributed by atoms with E-state index in [-0.39, 0.29) is 25.3 Å². The van der Waals surface area contributed by atoms with Gasteiger partial charge in [-0.1, -0.05) is 18.2 Å². The van der Waals surface area contributed by atoms with Crippen molar-refractivity contribution in [2.24, 2.45) is 5.10 Å². The number of aryl methyl sites for hydroxylation is 2. The lowest BCUT2D eigenvalue weighted by Crippen LogP contribution is -2.36. The smallest absolute Gasteiger partial charge is 0.257 e. The van der Waals surface area contributed by atoms with Crippen LogP contribution in [0.15, 0.2) is 41.5 Å². The molecular weight excluding hydrogens is 382 g/mol. The molecule has 2 aliphatic heterocycles. The highest BCUT2D eigenvalue weighted by Crippen LogP contribution is 2.39. The van der Waals surface area contributed by atoms with Crippen LogP contribution in [0.25, 0.3) is 0 Å². The number of carbonyl (C=O) groups excluding carboxylic acids is 1. The summed E-state index contributed by atoms with van der Waals surface area (Å²) in [7, 11) is 1.64. The van der Waals surface area contributed by atoms with Crippen molar-refractivity contribution < 1.29 is 19.0 Å². The SMILES string of the molecule is COCCNCC(=O)N1N=C(c2ccc(C)c(C)c2)CC1c1ccc2c(c1)OCO2. The summed E-state index contributed by atoms with van der Waals surface area (Å²) in [6.45, 7) is 5.77. The monoisotopic (exact) mass is 409 g/mol. The average Bonchev–Trinajstić information content (AvgIpc) is 3.39. The third-order valence-electron chi connectivity index (χ3n) is 5.55. The van der Waals surface area contributed by atoms with Crippen LogP contribution in [-0.2, 0) is 9.53 Å². The van der Waals surface area contributed by atoms with E-state index in [1.165, 1.54) is 11.1 Å². The molecule has 30 heavy (non-hydrogen) atoms. The van der Waals surface area contributed by atoms with Crippen LogP contribution in [0.5, 0.6) is 11.5 Å². The molecule has 0 fully saturated rings. The predicted octanol–water partition coefficient (Wildman–Crippen LogP) is 2.95. The van der Waals surface area contributed by atoms with Crippen molar-refractivity contribution in [3.8, 4) is 11.5 Å². The number of benzene rings is 2. The number of carbonyl (C=O) groups is 1. The van der Waals surface area contributed by atoms with Gasteiger partial charge in [0.1, 0.15) is 0 Å². The largest absolute Gasteiger partial charge is 0.454 e. The van der Waals surface area contributed by atoms with Crippen molar-refractivity contribution in [3.63, 3.8) is 0 Å². The summed E-state index contributed by atoms with van der Waals surface area (Å²) in [4.78, 5) is 13.0. The van der Waals surface area contributed by atoms with Gasteiger partial charge in [0, 0.05) is 20.1 Å². The van der Waals surface area contributed by atoms with E-state index in [9.17, 15) is 4.79 Å². The first-order chi connectivity index (χ1) is 14.6. The first-order valence-electron chi connectivity index (χ1n) is 10.1. The standard InChI is InChI=1S/C23H27N3O4/c1-15-4-5-17(10-16(15)2)19-12-20(18-6-7-21-22(11-18)30-14-29-21)26(25-19)23(27)13-24-8-9-28-3/h4-7,10-11,20,24H,8-9,12-14H2,1-3H3. The molecule has 0 bridgehead atoms. The van der Waals surface area contributed by atoms with Crippen molar-refractivity contribution in [1.29, 1.82) is 0 Å². The minimum atomic E-state index is -0.187. The molecular formula is C23H27N3O4. The molecule has 0 saturated carbocycles. The molecule has 158 valence electrons. The lowest BCUT2D eigenvalue weighted by atomic mass is 9.96. The van der Waals surface area contributed by atoms with Crippen LogP contribution in [0.3, 0.4) is 0 Å². The van der Waals surface area contributed by atoms with Crippen LogP contribution in [0.2, 0.25) is 0 Å². The fourth-order valence-corrected chi connectivity index (χ4v) is 3.67. The summed E-state index contributed by atoms with van der Waals surface area (Å²) in [5.41, 5.74) is 5.38. The van der Waals surface area contributed by atoms with Gasteiger partial charge < -0.3 is 19.5 Å². The molecule has 2 heterocycles. The third-order valence-corrected chi connectivity index (χ3v) is 5.55. The Bertz CT molecular complexity index is 973. The molecule has 0 saturated heterocycles. The minimum Gasteiger partial charge on any atom is -0.454 e. The second-order valence-corrected chi connectivity index (χ2v) is 7.59. The van der Waals surface area contributed by atoms with Crippen LogP contribution < -0.4 is 14.8 Å². The fourth-order valence-electron chi connectivity index (χ4n) is 3.67. The Labute approximate surface area is 176 Å². The molecule has 1 unspecified atom stereocenters. The molecule has 1 amide bonds. The Kier molecular flexibility index (Phi) is 6.01. The molecule has 2 aromatic carbocycles. The molecule has 4 rings (SSSR count).